The number of aromatic nitrogens is 3. The van der Waals surface area contributed by atoms with Gasteiger partial charge in [0, 0.05) is 15.4 Å². The highest BCUT2D eigenvalue weighted by Gasteiger charge is 2.17. The van der Waals surface area contributed by atoms with E-state index in [9.17, 15) is 18.8 Å². The first-order valence-corrected chi connectivity index (χ1v) is 11.5. The molecule has 0 aliphatic carbocycles. The molecule has 5 rings (SSSR count). The minimum Gasteiger partial charge on any atom is -0.349 e. The molecular formula is C25H17BrFN5O4. The molecule has 0 aliphatic rings. The lowest BCUT2D eigenvalue weighted by Gasteiger charge is -2.09. The highest BCUT2D eigenvalue weighted by atomic mass is 79.9. The van der Waals surface area contributed by atoms with Crippen molar-refractivity contribution in [1.29, 1.82) is 0 Å². The third-order valence-corrected chi connectivity index (χ3v) is 5.87. The van der Waals surface area contributed by atoms with Crippen molar-refractivity contribution in [2.24, 2.45) is 0 Å². The largest absolute Gasteiger partial charge is 0.439 e. The number of amides is 2. The highest BCUT2D eigenvalue weighted by Crippen LogP contribution is 2.30. The molecule has 0 spiro atoms. The molecule has 9 nitrogen and oxygen atoms in total. The first-order chi connectivity index (χ1) is 17.4. The van der Waals surface area contributed by atoms with E-state index in [4.69, 9.17) is 0 Å². The van der Waals surface area contributed by atoms with Gasteiger partial charge in [-0.05, 0) is 48.0 Å². The zero-order valence-electron chi connectivity index (χ0n) is 18.4. The predicted molar refractivity (Wildman–Crippen MR) is 135 cm³/mol. The van der Waals surface area contributed by atoms with Gasteiger partial charge in [-0.15, -0.1) is 0 Å². The van der Waals surface area contributed by atoms with Gasteiger partial charge < -0.3 is 15.6 Å². The zero-order chi connectivity index (χ0) is 25.2. The second-order valence-electron chi connectivity index (χ2n) is 7.89. The maximum atomic E-state index is 13.1. The number of nitrogens with zero attached hydrogens (tertiary/aromatic N) is 1. The average Bonchev–Trinajstić information content (AvgIpc) is 3.49. The summed E-state index contributed by atoms with van der Waals surface area (Å²) in [6.45, 7) is 0. The van der Waals surface area contributed by atoms with E-state index in [1.54, 1.807) is 48.5 Å². The molecule has 0 aliphatic heterocycles. The molecule has 0 saturated heterocycles. The van der Waals surface area contributed by atoms with Crippen LogP contribution in [0.4, 0.5) is 15.8 Å². The Labute approximate surface area is 210 Å². The molecule has 0 radical (unpaired) electrons. The predicted octanol–water partition coefficient (Wildman–Crippen LogP) is 4.85. The number of nitrogens with one attached hydrogen (secondary N) is 4. The number of fused-ring (bicyclic) bond motifs is 1. The van der Waals surface area contributed by atoms with Crippen molar-refractivity contribution in [2.45, 2.75) is 6.42 Å². The van der Waals surface area contributed by atoms with Crippen LogP contribution in [0.5, 0.6) is 0 Å². The van der Waals surface area contributed by atoms with Gasteiger partial charge in [0.2, 0.25) is 5.91 Å². The van der Waals surface area contributed by atoms with Crippen LogP contribution in [0.2, 0.25) is 0 Å². The van der Waals surface area contributed by atoms with Crippen LogP contribution < -0.4 is 16.4 Å². The Bertz CT molecular complexity index is 1660. The van der Waals surface area contributed by atoms with Crippen molar-refractivity contribution < 1.29 is 18.5 Å². The summed E-state index contributed by atoms with van der Waals surface area (Å²) in [4.78, 5) is 42.5. The molecular weight excluding hydrogens is 533 g/mol. The van der Waals surface area contributed by atoms with Crippen LogP contribution in [-0.2, 0) is 11.2 Å². The topological polar surface area (TPSA) is 133 Å². The average molecular weight is 550 g/mol. The summed E-state index contributed by atoms with van der Waals surface area (Å²) in [7, 11) is 0. The van der Waals surface area contributed by atoms with Gasteiger partial charge in [0.05, 0.1) is 23.3 Å². The van der Waals surface area contributed by atoms with Gasteiger partial charge in [0.15, 0.2) is 5.82 Å². The highest BCUT2D eigenvalue weighted by molar-refractivity contribution is 9.10. The molecule has 2 aromatic heterocycles. The van der Waals surface area contributed by atoms with E-state index in [2.05, 4.69) is 46.2 Å². The quantitative estimate of drug-likeness (QED) is 0.240. The molecule has 36 heavy (non-hydrogen) atoms. The summed E-state index contributed by atoms with van der Waals surface area (Å²) >= 11 is 3.37. The number of aromatic amines is 2. The van der Waals surface area contributed by atoms with Gasteiger partial charge in [0.25, 0.3) is 5.91 Å². The van der Waals surface area contributed by atoms with E-state index >= 15 is 0 Å². The van der Waals surface area contributed by atoms with Crippen LogP contribution >= 0.6 is 15.9 Å². The number of para-hydroxylation sites is 1. The van der Waals surface area contributed by atoms with Crippen molar-refractivity contribution in [3.63, 3.8) is 0 Å². The SMILES string of the molecule is O=C(Cc1ccc(F)cc1)Nc1cccc2cc(C(=O)Nc3ccc(Br)cc3-c3noc(=O)[nH]3)[nH]c12. The number of benzene rings is 3. The second-order valence-corrected chi connectivity index (χ2v) is 8.81. The Morgan fingerprint density at radius 3 is 2.53 bits per heavy atom. The van der Waals surface area contributed by atoms with Crippen molar-refractivity contribution in [3.8, 4) is 11.4 Å². The van der Waals surface area contributed by atoms with E-state index < -0.39 is 11.7 Å². The molecule has 0 atom stereocenters. The maximum absolute atomic E-state index is 13.1. The monoisotopic (exact) mass is 549 g/mol. The van der Waals surface area contributed by atoms with Gasteiger partial charge in [-0.25, -0.2) is 9.18 Å². The van der Waals surface area contributed by atoms with Gasteiger partial charge >= 0.3 is 5.76 Å². The molecule has 0 saturated carbocycles. The van der Waals surface area contributed by atoms with Crippen molar-refractivity contribution in [2.75, 3.05) is 10.6 Å². The van der Waals surface area contributed by atoms with Crippen molar-refractivity contribution in [1.82, 2.24) is 15.1 Å². The molecule has 0 unspecified atom stereocenters. The number of carbonyl (C=O) groups is 2. The number of hydrogen-bond donors (Lipinski definition) is 4. The Morgan fingerprint density at radius 2 is 1.78 bits per heavy atom. The normalized spacial score (nSPS) is 10.9. The molecule has 2 heterocycles. The first kappa shape index (κ1) is 23.2. The molecule has 4 N–H and O–H groups in total. The van der Waals surface area contributed by atoms with Gasteiger partial charge in [-0.2, -0.15) is 0 Å². The van der Waals surface area contributed by atoms with Crippen LogP contribution in [0.1, 0.15) is 16.1 Å². The van der Waals surface area contributed by atoms with Crippen LogP contribution in [-0.4, -0.2) is 26.9 Å². The van der Waals surface area contributed by atoms with E-state index in [0.717, 1.165) is 5.39 Å². The summed E-state index contributed by atoms with van der Waals surface area (Å²) in [5, 5.41) is 10.1. The zero-order valence-corrected chi connectivity index (χ0v) is 20.0. The van der Waals surface area contributed by atoms with E-state index in [1.807, 2.05) is 6.07 Å². The summed E-state index contributed by atoms with van der Waals surface area (Å²) in [5.41, 5.74) is 2.86. The fourth-order valence-electron chi connectivity index (χ4n) is 3.72. The summed E-state index contributed by atoms with van der Waals surface area (Å²) in [5.74, 6) is -1.64. The lowest BCUT2D eigenvalue weighted by Crippen LogP contribution is -2.15. The smallest absolute Gasteiger partial charge is 0.349 e. The molecule has 3 aromatic carbocycles. The fourth-order valence-corrected chi connectivity index (χ4v) is 4.08. The van der Waals surface area contributed by atoms with Crippen LogP contribution in [0.25, 0.3) is 22.3 Å². The Hall–Kier alpha value is -4.51. The minimum absolute atomic E-state index is 0.0706. The van der Waals surface area contributed by atoms with Crippen LogP contribution in [0.15, 0.2) is 80.5 Å². The number of H-pyrrole nitrogens is 2. The van der Waals surface area contributed by atoms with E-state index in [1.165, 1.54) is 12.1 Å². The van der Waals surface area contributed by atoms with Gasteiger partial charge in [0.1, 0.15) is 11.5 Å². The fraction of sp³-hybridized carbons (Fsp3) is 0.0400. The van der Waals surface area contributed by atoms with E-state index in [-0.39, 0.29) is 29.7 Å². The van der Waals surface area contributed by atoms with Gasteiger partial charge in [-0.1, -0.05) is 45.4 Å². The van der Waals surface area contributed by atoms with Crippen molar-refractivity contribution in [3.05, 3.63) is 98.8 Å². The Balaban J connectivity index is 1.38. The molecule has 5 aromatic rings. The lowest BCUT2D eigenvalue weighted by atomic mass is 10.1. The number of carbonyl (C=O) groups excluding carboxylic acids is 2. The lowest BCUT2D eigenvalue weighted by molar-refractivity contribution is -0.115. The standard InChI is InChI=1S/C25H17BrFN5O4/c26-15-6-9-18(17(12-15)23-31-25(35)36-32-23)30-24(34)20-11-14-2-1-3-19(22(14)29-20)28-21(33)10-13-4-7-16(27)8-5-13/h1-9,11-12,29H,10H2,(H,28,33)(H,30,34)(H,31,32,35). The first-order valence-electron chi connectivity index (χ1n) is 10.7. The third kappa shape index (κ3) is 4.96. The summed E-state index contributed by atoms with van der Waals surface area (Å²) < 4.78 is 18.4. The Kier molecular flexibility index (Phi) is 6.21. The maximum Gasteiger partial charge on any atom is 0.439 e. The van der Waals surface area contributed by atoms with Gasteiger partial charge in [-0.3, -0.25) is 19.1 Å². The van der Waals surface area contributed by atoms with Crippen molar-refractivity contribution >= 4 is 50.0 Å². The number of halogens is 2. The molecule has 2 amide bonds. The van der Waals surface area contributed by atoms with Crippen LogP contribution in [0, 0.1) is 5.82 Å². The van der Waals surface area contributed by atoms with E-state index in [0.29, 0.717) is 32.5 Å². The third-order valence-electron chi connectivity index (χ3n) is 5.38. The summed E-state index contributed by atoms with van der Waals surface area (Å²) in [6, 6.07) is 17.7. The minimum atomic E-state index is -0.716. The molecule has 11 heteroatoms. The number of anilines is 2. The number of rotatable bonds is 6. The number of hydrogen-bond acceptors (Lipinski definition) is 5. The molecule has 180 valence electrons. The summed E-state index contributed by atoms with van der Waals surface area (Å²) in [6.07, 6.45) is 0.0706. The molecule has 0 fully saturated rings. The van der Waals surface area contributed by atoms with Crippen LogP contribution in [0.3, 0.4) is 0 Å². The molecule has 0 bridgehead atoms. The second kappa shape index (κ2) is 9.62. The Morgan fingerprint density at radius 1 is 0.972 bits per heavy atom.